The average molecular weight is 404 g/mol. The second-order valence-electron chi connectivity index (χ2n) is 5.53. The summed E-state index contributed by atoms with van der Waals surface area (Å²) in [4.78, 5) is 27.3. The molecule has 3 N–H and O–H groups in total. The van der Waals surface area contributed by atoms with Crippen LogP contribution in [0.5, 0.6) is 5.75 Å². The summed E-state index contributed by atoms with van der Waals surface area (Å²) in [6.07, 6.45) is 5.23. The van der Waals surface area contributed by atoms with E-state index in [1.165, 1.54) is 16.2 Å². The Morgan fingerprint density at radius 3 is 2.54 bits per heavy atom. The molecule has 0 saturated carbocycles. The van der Waals surface area contributed by atoms with Crippen molar-refractivity contribution in [3.8, 4) is 28.7 Å². The maximum Gasteiger partial charge on any atom is 0.268 e. The number of aliphatic hydroxyl groups excluding tert-OH is 1. The number of primary amides is 1. The molecule has 1 aliphatic rings. The Morgan fingerprint density at radius 2 is 2.14 bits per heavy atom. The number of ether oxygens (including phenoxy) is 1. The lowest BCUT2D eigenvalue weighted by atomic mass is 10.1. The number of methoxy groups -OCH3 is 1. The van der Waals surface area contributed by atoms with Crippen LogP contribution in [0.3, 0.4) is 0 Å². The van der Waals surface area contributed by atoms with Crippen molar-refractivity contribution in [3.05, 3.63) is 34.8 Å². The van der Waals surface area contributed by atoms with E-state index in [9.17, 15) is 9.59 Å². The highest BCUT2D eigenvalue weighted by Gasteiger charge is 2.25. The molecule has 150 valence electrons. The third-order valence-electron chi connectivity index (χ3n) is 3.75. The van der Waals surface area contributed by atoms with Crippen LogP contribution < -0.4 is 10.5 Å². The van der Waals surface area contributed by atoms with Gasteiger partial charge in [0.15, 0.2) is 0 Å². The Morgan fingerprint density at radius 1 is 1.46 bits per heavy atom. The van der Waals surface area contributed by atoms with Crippen LogP contribution in [0.2, 0.25) is 0 Å². The average Bonchev–Trinajstić information content (AvgIpc) is 3.33. The van der Waals surface area contributed by atoms with Crippen molar-refractivity contribution in [2.45, 2.75) is 26.4 Å². The molecular weight excluding hydrogens is 378 g/mol. The molecule has 2 amide bonds. The molecule has 8 heteroatoms. The van der Waals surface area contributed by atoms with Crippen molar-refractivity contribution in [1.29, 1.82) is 0 Å². The molecule has 3 rings (SSSR count). The SMILES string of the molecule is C#Cc1ccc(OC)c(-c2nc(C(N)=O)cs2)c1.CC.CN1CCC(O)C1=O. The Balaban J connectivity index is 0.000000327. The molecule has 28 heavy (non-hydrogen) atoms. The molecule has 2 aromatic rings. The number of aliphatic hydroxyl groups is 1. The van der Waals surface area contributed by atoms with Crippen molar-refractivity contribution >= 4 is 23.2 Å². The molecular formula is C20H25N3O4S. The van der Waals surface area contributed by atoms with Crippen LogP contribution in [0.4, 0.5) is 0 Å². The Labute approximate surface area is 169 Å². The molecule has 0 radical (unpaired) electrons. The quantitative estimate of drug-likeness (QED) is 0.764. The zero-order valence-corrected chi connectivity index (χ0v) is 17.2. The van der Waals surface area contributed by atoms with Gasteiger partial charge in [-0.15, -0.1) is 17.8 Å². The zero-order valence-electron chi connectivity index (χ0n) is 16.4. The first-order chi connectivity index (χ1) is 13.4. The fourth-order valence-corrected chi connectivity index (χ4v) is 3.11. The van der Waals surface area contributed by atoms with Crippen LogP contribution in [0, 0.1) is 12.3 Å². The van der Waals surface area contributed by atoms with Gasteiger partial charge in [0.1, 0.15) is 22.6 Å². The highest BCUT2D eigenvalue weighted by Crippen LogP contribution is 2.32. The Hall–Kier alpha value is -2.89. The van der Waals surface area contributed by atoms with E-state index in [4.69, 9.17) is 22.0 Å². The summed E-state index contributed by atoms with van der Waals surface area (Å²) in [5, 5.41) is 11.0. The number of rotatable bonds is 3. The van der Waals surface area contributed by atoms with Crippen molar-refractivity contribution in [2.75, 3.05) is 20.7 Å². The number of aromatic nitrogens is 1. The van der Waals surface area contributed by atoms with Gasteiger partial charge in [0, 0.05) is 24.5 Å². The largest absolute Gasteiger partial charge is 0.496 e. The number of carbonyl (C=O) groups is 2. The lowest BCUT2D eigenvalue weighted by Crippen LogP contribution is -2.24. The third kappa shape index (κ3) is 5.81. The molecule has 1 unspecified atom stereocenters. The lowest BCUT2D eigenvalue weighted by Gasteiger charge is -2.06. The van der Waals surface area contributed by atoms with E-state index < -0.39 is 12.0 Å². The molecule has 1 aromatic heterocycles. The predicted molar refractivity (Wildman–Crippen MR) is 110 cm³/mol. The molecule has 2 heterocycles. The summed E-state index contributed by atoms with van der Waals surface area (Å²) < 4.78 is 5.25. The van der Waals surface area contributed by atoms with Gasteiger partial charge in [0.2, 0.25) is 0 Å². The first-order valence-electron chi connectivity index (χ1n) is 8.70. The highest BCUT2D eigenvalue weighted by molar-refractivity contribution is 7.13. The van der Waals surface area contributed by atoms with Gasteiger partial charge in [0.05, 0.1) is 12.7 Å². The van der Waals surface area contributed by atoms with Gasteiger partial charge in [-0.3, -0.25) is 9.59 Å². The summed E-state index contributed by atoms with van der Waals surface area (Å²) in [7, 11) is 3.26. The van der Waals surface area contributed by atoms with Crippen molar-refractivity contribution in [2.24, 2.45) is 5.73 Å². The monoisotopic (exact) mass is 403 g/mol. The number of benzene rings is 1. The molecule has 1 fully saturated rings. The zero-order chi connectivity index (χ0) is 21.3. The Bertz CT molecular complexity index is 845. The van der Waals surface area contributed by atoms with Crippen LogP contribution in [-0.2, 0) is 4.79 Å². The predicted octanol–water partition coefficient (Wildman–Crippen LogP) is 2.13. The number of likely N-dealkylation sites (tertiary alicyclic amines) is 1. The van der Waals surface area contributed by atoms with E-state index in [0.717, 1.165) is 11.1 Å². The number of likely N-dealkylation sites (N-methyl/N-ethyl adjacent to an activating group) is 1. The number of carbonyl (C=O) groups excluding carboxylic acids is 2. The number of terminal acetylenes is 1. The van der Waals surface area contributed by atoms with Gasteiger partial charge in [0.25, 0.3) is 11.8 Å². The van der Waals surface area contributed by atoms with E-state index in [2.05, 4.69) is 10.9 Å². The number of hydrogen-bond acceptors (Lipinski definition) is 6. The second-order valence-corrected chi connectivity index (χ2v) is 6.38. The molecule has 1 aromatic carbocycles. The van der Waals surface area contributed by atoms with E-state index in [1.54, 1.807) is 37.7 Å². The van der Waals surface area contributed by atoms with Crippen molar-refractivity contribution in [1.82, 2.24) is 9.88 Å². The maximum absolute atomic E-state index is 11.0. The minimum atomic E-state index is -0.722. The van der Waals surface area contributed by atoms with Crippen LogP contribution in [0.15, 0.2) is 23.6 Å². The molecule has 7 nitrogen and oxygen atoms in total. The molecule has 0 spiro atoms. The number of nitrogens with two attached hydrogens (primary N) is 1. The first kappa shape index (κ1) is 23.1. The van der Waals surface area contributed by atoms with Gasteiger partial charge in [-0.25, -0.2) is 4.98 Å². The second kappa shape index (κ2) is 11.1. The number of thiazole rings is 1. The Kier molecular flexibility index (Phi) is 9.15. The van der Waals surface area contributed by atoms with E-state index in [0.29, 0.717) is 23.7 Å². The smallest absolute Gasteiger partial charge is 0.268 e. The molecule has 1 saturated heterocycles. The standard InChI is InChI=1S/C13H10N2O2S.C5H9NO2.C2H6/c1-3-8-4-5-11(17-2)9(6-8)13-15-10(7-18-13)12(14)16;1-6-3-2-4(7)5(6)8;1-2/h1,4-7H,2H3,(H2,14,16);4,7H,2-3H2,1H3;1-2H3. The normalized spacial score (nSPS) is 14.9. The van der Waals surface area contributed by atoms with E-state index >= 15 is 0 Å². The summed E-state index contributed by atoms with van der Waals surface area (Å²) in [6.45, 7) is 4.69. The lowest BCUT2D eigenvalue weighted by molar-refractivity contribution is -0.133. The van der Waals surface area contributed by atoms with E-state index in [-0.39, 0.29) is 11.6 Å². The molecule has 0 bridgehead atoms. The summed E-state index contributed by atoms with van der Waals surface area (Å²) in [6, 6.07) is 5.35. The first-order valence-corrected chi connectivity index (χ1v) is 9.58. The van der Waals surface area contributed by atoms with E-state index in [1.807, 2.05) is 13.8 Å². The van der Waals surface area contributed by atoms with Crippen LogP contribution in [0.1, 0.15) is 36.3 Å². The highest BCUT2D eigenvalue weighted by atomic mass is 32.1. The summed E-state index contributed by atoms with van der Waals surface area (Å²) in [5.74, 6) is 2.50. The number of amides is 2. The summed E-state index contributed by atoms with van der Waals surface area (Å²) >= 11 is 1.32. The third-order valence-corrected chi connectivity index (χ3v) is 4.63. The van der Waals surface area contributed by atoms with Gasteiger partial charge in [-0.1, -0.05) is 19.8 Å². The van der Waals surface area contributed by atoms with Crippen LogP contribution in [0.25, 0.3) is 10.6 Å². The van der Waals surface area contributed by atoms with Gasteiger partial charge >= 0.3 is 0 Å². The minimum absolute atomic E-state index is 0.148. The van der Waals surface area contributed by atoms with Crippen molar-refractivity contribution < 1.29 is 19.4 Å². The van der Waals surface area contributed by atoms with Gasteiger partial charge in [-0.05, 0) is 24.6 Å². The fraction of sp³-hybridized carbons (Fsp3) is 0.350. The number of hydrogen-bond donors (Lipinski definition) is 2. The summed E-state index contributed by atoms with van der Waals surface area (Å²) in [5.41, 5.74) is 6.89. The van der Waals surface area contributed by atoms with Gasteiger partial charge < -0.3 is 20.5 Å². The van der Waals surface area contributed by atoms with Crippen molar-refractivity contribution in [3.63, 3.8) is 0 Å². The van der Waals surface area contributed by atoms with Gasteiger partial charge in [-0.2, -0.15) is 0 Å². The maximum atomic E-state index is 11.0. The topological polar surface area (TPSA) is 106 Å². The number of nitrogens with zero attached hydrogens (tertiary/aromatic N) is 2. The minimum Gasteiger partial charge on any atom is -0.496 e. The fourth-order valence-electron chi connectivity index (χ4n) is 2.28. The van der Waals surface area contributed by atoms with Crippen LogP contribution in [-0.4, -0.2) is 53.6 Å². The molecule has 1 aliphatic heterocycles. The molecule has 1 atom stereocenters. The molecule has 0 aliphatic carbocycles. The van der Waals surface area contributed by atoms with Crippen LogP contribution >= 0.6 is 11.3 Å².